The van der Waals surface area contributed by atoms with Crippen LogP contribution in [0.5, 0.6) is 0 Å². The van der Waals surface area contributed by atoms with E-state index in [1.807, 2.05) is 30.4 Å². The van der Waals surface area contributed by atoms with Gasteiger partial charge in [0.2, 0.25) is 0 Å². The second kappa shape index (κ2) is 5.79. The van der Waals surface area contributed by atoms with Crippen molar-refractivity contribution in [2.24, 2.45) is 0 Å². The van der Waals surface area contributed by atoms with E-state index in [1.54, 1.807) is 0 Å². The molecule has 0 atom stereocenters. The van der Waals surface area contributed by atoms with Crippen molar-refractivity contribution in [1.82, 2.24) is 0 Å². The molecule has 0 aliphatic carbocycles. The van der Waals surface area contributed by atoms with Gasteiger partial charge in [0.05, 0.1) is 0 Å². The molecule has 13 heavy (non-hydrogen) atoms. The van der Waals surface area contributed by atoms with E-state index >= 15 is 0 Å². The largest absolute Gasteiger partial charge is 0.396 e. The van der Waals surface area contributed by atoms with Crippen LogP contribution in [0.25, 0.3) is 6.08 Å². The molecule has 0 saturated carbocycles. The molecule has 1 N–H and O–H groups in total. The molecule has 0 amide bonds. The number of aliphatic hydroxyl groups excluding tert-OH is 1. The number of hydrogen-bond donors (Lipinski definition) is 1. The van der Waals surface area contributed by atoms with Crippen LogP contribution in [0.3, 0.4) is 0 Å². The highest BCUT2D eigenvalue weighted by atomic mass is 35.5. The molecule has 70 valence electrons. The van der Waals surface area contributed by atoms with Gasteiger partial charge in [-0.05, 0) is 17.5 Å². The highest BCUT2D eigenvalue weighted by molar-refractivity contribution is 6.19. The summed E-state index contributed by atoms with van der Waals surface area (Å²) in [6, 6.07) is 8.07. The van der Waals surface area contributed by atoms with E-state index in [9.17, 15) is 0 Å². The van der Waals surface area contributed by atoms with Gasteiger partial charge in [0.1, 0.15) is 0 Å². The molecule has 1 rings (SSSR count). The summed E-state index contributed by atoms with van der Waals surface area (Å²) in [5.74, 6) is 0.532. The Hall–Kier alpha value is -0.790. The Labute approximate surface area is 83.7 Å². The summed E-state index contributed by atoms with van der Waals surface area (Å²) in [7, 11) is 0. The van der Waals surface area contributed by atoms with Gasteiger partial charge >= 0.3 is 0 Å². The van der Waals surface area contributed by atoms with E-state index in [0.29, 0.717) is 12.3 Å². The highest BCUT2D eigenvalue weighted by Crippen LogP contribution is 2.07. The van der Waals surface area contributed by atoms with Crippen LogP contribution in [-0.4, -0.2) is 17.6 Å². The van der Waals surface area contributed by atoms with E-state index in [2.05, 4.69) is 6.07 Å². The standard InChI is InChI=1S/C11H13ClO/c12-7-2-5-10-3-1-4-11(9-10)6-8-13/h1-5,9,13H,6-8H2. The van der Waals surface area contributed by atoms with Crippen LogP contribution in [0, 0.1) is 0 Å². The SMILES string of the molecule is OCCc1cccc(C=CCCl)c1. The molecule has 2 heteroatoms. The zero-order valence-corrected chi connectivity index (χ0v) is 8.17. The summed E-state index contributed by atoms with van der Waals surface area (Å²) in [6.07, 6.45) is 4.59. The van der Waals surface area contributed by atoms with Crippen molar-refractivity contribution < 1.29 is 5.11 Å². The van der Waals surface area contributed by atoms with Crippen LogP contribution in [0.2, 0.25) is 0 Å². The van der Waals surface area contributed by atoms with Crippen LogP contribution >= 0.6 is 11.6 Å². The Balaban J connectivity index is 2.73. The number of halogens is 1. The molecule has 1 nitrogen and oxygen atoms in total. The number of allylic oxidation sites excluding steroid dienone is 1. The minimum Gasteiger partial charge on any atom is -0.396 e. The van der Waals surface area contributed by atoms with E-state index in [0.717, 1.165) is 11.1 Å². The molecule has 1 aromatic carbocycles. The average molecular weight is 197 g/mol. The lowest BCUT2D eigenvalue weighted by Crippen LogP contribution is -1.90. The van der Waals surface area contributed by atoms with E-state index in [-0.39, 0.29) is 6.61 Å². The van der Waals surface area contributed by atoms with E-state index < -0.39 is 0 Å². The first-order valence-corrected chi connectivity index (χ1v) is 4.82. The van der Waals surface area contributed by atoms with Crippen molar-refractivity contribution in [2.45, 2.75) is 6.42 Å². The number of benzene rings is 1. The Morgan fingerprint density at radius 3 is 2.92 bits per heavy atom. The molecular formula is C11H13ClO. The fourth-order valence-electron chi connectivity index (χ4n) is 1.16. The topological polar surface area (TPSA) is 20.2 Å². The minimum absolute atomic E-state index is 0.197. The van der Waals surface area contributed by atoms with Crippen LogP contribution in [0.4, 0.5) is 0 Å². The maximum absolute atomic E-state index is 8.75. The molecule has 0 aliphatic heterocycles. The van der Waals surface area contributed by atoms with Crippen LogP contribution < -0.4 is 0 Å². The summed E-state index contributed by atoms with van der Waals surface area (Å²) >= 11 is 5.53. The number of aliphatic hydroxyl groups is 1. The summed E-state index contributed by atoms with van der Waals surface area (Å²) < 4.78 is 0. The Bertz CT molecular complexity index is 281. The van der Waals surface area contributed by atoms with Crippen LogP contribution in [0.15, 0.2) is 30.3 Å². The van der Waals surface area contributed by atoms with Gasteiger partial charge in [-0.1, -0.05) is 36.4 Å². The van der Waals surface area contributed by atoms with Crippen molar-refractivity contribution in [3.63, 3.8) is 0 Å². The van der Waals surface area contributed by atoms with E-state index in [1.165, 1.54) is 0 Å². The van der Waals surface area contributed by atoms with Crippen LogP contribution in [0.1, 0.15) is 11.1 Å². The quantitative estimate of drug-likeness (QED) is 0.734. The van der Waals surface area contributed by atoms with Gasteiger partial charge in [-0.2, -0.15) is 0 Å². The number of rotatable bonds is 4. The molecule has 0 fully saturated rings. The third-order valence-corrected chi connectivity index (χ3v) is 1.93. The second-order valence-electron chi connectivity index (χ2n) is 2.78. The molecule has 0 unspecified atom stereocenters. The van der Waals surface area contributed by atoms with Gasteiger partial charge in [0.25, 0.3) is 0 Å². The van der Waals surface area contributed by atoms with Crippen molar-refractivity contribution in [2.75, 3.05) is 12.5 Å². The minimum atomic E-state index is 0.197. The number of hydrogen-bond acceptors (Lipinski definition) is 1. The lowest BCUT2D eigenvalue weighted by molar-refractivity contribution is 0.299. The zero-order chi connectivity index (χ0) is 9.52. The van der Waals surface area contributed by atoms with Gasteiger partial charge in [0.15, 0.2) is 0 Å². The molecular weight excluding hydrogens is 184 g/mol. The number of alkyl halides is 1. The molecule has 1 aromatic rings. The fraction of sp³-hybridized carbons (Fsp3) is 0.273. The summed E-state index contributed by atoms with van der Waals surface area (Å²) in [4.78, 5) is 0. The average Bonchev–Trinajstić information content (AvgIpc) is 2.16. The second-order valence-corrected chi connectivity index (χ2v) is 3.08. The lowest BCUT2D eigenvalue weighted by atomic mass is 10.1. The van der Waals surface area contributed by atoms with Gasteiger partial charge in [-0.25, -0.2) is 0 Å². The first-order chi connectivity index (χ1) is 6.36. The van der Waals surface area contributed by atoms with Crippen molar-refractivity contribution in [3.05, 3.63) is 41.5 Å². The predicted molar refractivity (Wildman–Crippen MR) is 57.0 cm³/mol. The molecule has 0 aromatic heterocycles. The van der Waals surface area contributed by atoms with Gasteiger partial charge in [-0.15, -0.1) is 11.6 Å². The molecule has 0 radical (unpaired) electrons. The smallest absolute Gasteiger partial charge is 0.0471 e. The van der Waals surface area contributed by atoms with Crippen LogP contribution in [-0.2, 0) is 6.42 Å². The Kier molecular flexibility index (Phi) is 4.58. The third kappa shape index (κ3) is 3.62. The fourth-order valence-corrected chi connectivity index (χ4v) is 1.25. The third-order valence-electron chi connectivity index (χ3n) is 1.75. The summed E-state index contributed by atoms with van der Waals surface area (Å²) in [5, 5.41) is 8.75. The monoisotopic (exact) mass is 196 g/mol. The Morgan fingerprint density at radius 1 is 1.38 bits per heavy atom. The van der Waals surface area contributed by atoms with Gasteiger partial charge < -0.3 is 5.11 Å². The normalized spacial score (nSPS) is 10.9. The molecule has 0 spiro atoms. The van der Waals surface area contributed by atoms with Gasteiger partial charge in [0, 0.05) is 12.5 Å². The first-order valence-electron chi connectivity index (χ1n) is 4.29. The van der Waals surface area contributed by atoms with E-state index in [4.69, 9.17) is 16.7 Å². The Morgan fingerprint density at radius 2 is 2.23 bits per heavy atom. The molecule has 0 bridgehead atoms. The van der Waals surface area contributed by atoms with Crippen molar-refractivity contribution in [1.29, 1.82) is 0 Å². The molecule has 0 heterocycles. The zero-order valence-electron chi connectivity index (χ0n) is 7.41. The summed E-state index contributed by atoms with van der Waals surface area (Å²) in [5.41, 5.74) is 2.28. The first kappa shape index (κ1) is 10.3. The molecule has 0 aliphatic rings. The van der Waals surface area contributed by atoms with Crippen molar-refractivity contribution >= 4 is 17.7 Å². The van der Waals surface area contributed by atoms with Crippen molar-refractivity contribution in [3.8, 4) is 0 Å². The maximum Gasteiger partial charge on any atom is 0.0471 e. The molecule has 0 saturated heterocycles. The lowest BCUT2D eigenvalue weighted by Gasteiger charge is -1.99. The van der Waals surface area contributed by atoms with Gasteiger partial charge in [-0.3, -0.25) is 0 Å². The predicted octanol–water partition coefficient (Wildman–Crippen LogP) is 2.47. The maximum atomic E-state index is 8.75. The summed E-state index contributed by atoms with van der Waals surface area (Å²) in [6.45, 7) is 0.197. The highest BCUT2D eigenvalue weighted by Gasteiger charge is 1.91.